The largest absolute Gasteiger partial charge is 0.363 e. The second-order valence-electron chi connectivity index (χ2n) is 20.1. The number of rotatable bonds is 16. The number of pyridine rings is 3. The molecule has 0 unspecified atom stereocenters. The first-order valence-corrected chi connectivity index (χ1v) is 29.9. The van der Waals surface area contributed by atoms with Crippen LogP contribution in [0.15, 0.2) is 131 Å². The third-order valence-electron chi connectivity index (χ3n) is 12.2. The van der Waals surface area contributed by atoms with Gasteiger partial charge in [0, 0.05) is 106 Å². The zero-order valence-electron chi connectivity index (χ0n) is 43.1. The lowest BCUT2D eigenvalue weighted by Gasteiger charge is -2.19. The predicted octanol–water partition coefficient (Wildman–Crippen LogP) is 9.85. The molecule has 80 heavy (non-hydrogen) atoms. The van der Waals surface area contributed by atoms with Crippen LogP contribution in [0.5, 0.6) is 0 Å². The fourth-order valence-corrected chi connectivity index (χ4v) is 10.3. The molecular formula is C51H70ClN19O6S3. The quantitative estimate of drug-likeness (QED) is 0.0434. The van der Waals surface area contributed by atoms with Crippen molar-refractivity contribution in [2.45, 2.75) is 97.7 Å². The minimum Gasteiger partial charge on any atom is -0.363 e. The summed E-state index contributed by atoms with van der Waals surface area (Å²) in [5.74, 6) is 5.41. The molecule has 3 fully saturated rings. The molecule has 0 aliphatic heterocycles. The number of aromatic amines is 3. The molecule has 3 aliphatic carbocycles. The van der Waals surface area contributed by atoms with Gasteiger partial charge in [-0.3, -0.25) is 5.10 Å². The molecule has 9 heterocycles. The maximum atomic E-state index is 12.4. The maximum Gasteiger partial charge on any atom is 0.258 e. The Labute approximate surface area is 477 Å². The Kier molecular flexibility index (Phi) is 15.6. The van der Waals surface area contributed by atoms with Gasteiger partial charge in [-0.05, 0) is 132 Å². The van der Waals surface area contributed by atoms with E-state index >= 15 is 0 Å². The molecule has 11 N–H and O–H groups in total. The van der Waals surface area contributed by atoms with Gasteiger partial charge < -0.3 is 25.9 Å². The number of hydrogen-bond acceptors (Lipinski definition) is 19. The SMILES string of the molecule is CC(C)(C)NS(=O)(=O)c1ccc(-c2ncc(Cl)c(Nc3cc(C4CC4)[nH]n3)n2)cn1.NS(=O)(=O)c1ccc(-c2nccc(Nc3c[nH]c(C4CC4)c3)n2)cn1.NS(=O)(=O)c1ccc(-c2nccc(Nc3c[nH]c(C4CC4)c3)n2)cn1.[HH].[HH].[HH].[HH].[HH].[HH].[HH].[HH]. The highest BCUT2D eigenvalue weighted by Gasteiger charge is 2.28. The van der Waals surface area contributed by atoms with Crippen LogP contribution in [0.1, 0.15) is 106 Å². The van der Waals surface area contributed by atoms with Crippen molar-refractivity contribution in [2.24, 2.45) is 10.3 Å². The molecule has 0 bridgehead atoms. The number of nitrogens with two attached hydrogens (primary N) is 2. The molecule has 12 rings (SSSR count). The van der Waals surface area contributed by atoms with E-state index in [1.165, 1.54) is 92.9 Å². The highest BCUT2D eigenvalue weighted by atomic mass is 35.5. The van der Waals surface area contributed by atoms with Gasteiger partial charge in [0.05, 0.1) is 17.6 Å². The zero-order chi connectivity index (χ0) is 56.4. The summed E-state index contributed by atoms with van der Waals surface area (Å²) in [5, 5.41) is 26.8. The van der Waals surface area contributed by atoms with E-state index < -0.39 is 35.6 Å². The van der Waals surface area contributed by atoms with Crippen molar-refractivity contribution in [1.82, 2.24) is 69.7 Å². The fraction of sp³-hybridized carbons (Fsp3) is 0.255. The number of hydrogen-bond donors (Lipinski definition) is 9. The van der Waals surface area contributed by atoms with Crippen molar-refractivity contribution in [3.05, 3.63) is 138 Å². The van der Waals surface area contributed by atoms with Gasteiger partial charge in [0.25, 0.3) is 30.1 Å². The number of nitrogens with one attached hydrogen (secondary N) is 7. The highest BCUT2D eigenvalue weighted by Crippen LogP contribution is 2.42. The summed E-state index contributed by atoms with van der Waals surface area (Å²) >= 11 is 6.23. The molecule has 29 heteroatoms. The first-order valence-electron chi connectivity index (χ1n) is 25.0. The third kappa shape index (κ3) is 14.6. The summed E-state index contributed by atoms with van der Waals surface area (Å²) in [6.45, 7) is 5.30. The van der Waals surface area contributed by atoms with Gasteiger partial charge in [0.15, 0.2) is 44.2 Å². The van der Waals surface area contributed by atoms with Gasteiger partial charge in [0.2, 0.25) is 0 Å². The lowest BCUT2D eigenvalue weighted by atomic mass is 10.1. The second-order valence-corrected chi connectivity index (χ2v) is 25.2. The van der Waals surface area contributed by atoms with E-state index in [2.05, 4.69) is 97.8 Å². The summed E-state index contributed by atoms with van der Waals surface area (Å²) in [6.07, 6.45) is 20.1. The summed E-state index contributed by atoms with van der Waals surface area (Å²) in [5.41, 5.74) is 6.60. The van der Waals surface area contributed by atoms with Gasteiger partial charge in [-0.1, -0.05) is 11.6 Å². The van der Waals surface area contributed by atoms with Crippen molar-refractivity contribution in [3.63, 3.8) is 0 Å². The number of H-pyrrole nitrogens is 3. The van der Waals surface area contributed by atoms with Crippen LogP contribution in [0.4, 0.5) is 34.6 Å². The first kappa shape index (κ1) is 55.2. The lowest BCUT2D eigenvalue weighted by Crippen LogP contribution is -2.40. The minimum atomic E-state index is -3.82. The van der Waals surface area contributed by atoms with Crippen LogP contribution in [0.25, 0.3) is 34.2 Å². The number of sulfonamides is 3. The van der Waals surface area contributed by atoms with Crippen LogP contribution in [0.2, 0.25) is 5.02 Å². The molecule has 0 atom stereocenters. The molecule has 9 aromatic heterocycles. The van der Waals surface area contributed by atoms with Crippen molar-refractivity contribution in [1.29, 1.82) is 0 Å². The summed E-state index contributed by atoms with van der Waals surface area (Å²) in [6, 6.07) is 18.5. The molecule has 0 amide bonds. The second kappa shape index (κ2) is 22.6. The van der Waals surface area contributed by atoms with Crippen molar-refractivity contribution in [3.8, 4) is 34.2 Å². The van der Waals surface area contributed by atoms with E-state index in [9.17, 15) is 25.3 Å². The monoisotopic (exact) mass is 1180 g/mol. The Morgan fingerprint density at radius 2 is 0.988 bits per heavy atom. The Bertz CT molecular complexity index is 3880. The summed E-state index contributed by atoms with van der Waals surface area (Å²) in [4.78, 5) is 44.3. The predicted molar refractivity (Wildman–Crippen MR) is 316 cm³/mol. The Hall–Kier alpha value is -8.12. The van der Waals surface area contributed by atoms with Gasteiger partial charge in [0.1, 0.15) is 16.7 Å². The fourth-order valence-electron chi connectivity index (χ4n) is 7.87. The van der Waals surface area contributed by atoms with E-state index in [0.29, 0.717) is 80.2 Å². The van der Waals surface area contributed by atoms with E-state index in [4.69, 9.17) is 21.9 Å². The number of aromatic nitrogens is 13. The molecule has 0 aromatic carbocycles. The van der Waals surface area contributed by atoms with E-state index in [1.54, 1.807) is 63.5 Å². The summed E-state index contributed by atoms with van der Waals surface area (Å²) < 4.78 is 72.4. The number of halogens is 1. The van der Waals surface area contributed by atoms with Gasteiger partial charge in [-0.15, -0.1) is 0 Å². The minimum absolute atomic E-state index is 0. The van der Waals surface area contributed by atoms with Gasteiger partial charge >= 0.3 is 0 Å². The average molecular weight is 1180 g/mol. The van der Waals surface area contributed by atoms with E-state index in [1.807, 2.05) is 18.5 Å². The molecule has 3 aliphatic rings. The third-order valence-corrected chi connectivity index (χ3v) is 15.8. The van der Waals surface area contributed by atoms with Gasteiger partial charge in [-0.25, -0.2) is 85.1 Å². The average Bonchev–Trinajstić information content (AvgIpc) is 4.56. The van der Waals surface area contributed by atoms with Crippen LogP contribution < -0.4 is 31.0 Å². The van der Waals surface area contributed by atoms with Gasteiger partial charge in [-0.2, -0.15) is 5.10 Å². The number of anilines is 6. The van der Waals surface area contributed by atoms with Crippen molar-refractivity contribution < 1.29 is 36.7 Å². The maximum absolute atomic E-state index is 12.4. The summed E-state index contributed by atoms with van der Waals surface area (Å²) in [7, 11) is -11.4. The Morgan fingerprint density at radius 3 is 1.41 bits per heavy atom. The van der Waals surface area contributed by atoms with Crippen LogP contribution >= 0.6 is 11.6 Å². The molecule has 430 valence electrons. The number of primary sulfonamides is 2. The van der Waals surface area contributed by atoms with Crippen LogP contribution in [-0.2, 0) is 30.1 Å². The van der Waals surface area contributed by atoms with Crippen LogP contribution in [-0.4, -0.2) is 95.8 Å². The van der Waals surface area contributed by atoms with Crippen LogP contribution in [0, 0.1) is 0 Å². The molecule has 9 aromatic rings. The zero-order valence-corrected chi connectivity index (χ0v) is 46.3. The lowest BCUT2D eigenvalue weighted by molar-refractivity contribution is 0.489. The Balaban J connectivity index is 0.000000432. The molecular weight excluding hydrogens is 1110 g/mol. The molecule has 25 nitrogen and oxygen atoms in total. The van der Waals surface area contributed by atoms with Crippen LogP contribution in [0.3, 0.4) is 0 Å². The van der Waals surface area contributed by atoms with Crippen molar-refractivity contribution in [2.75, 3.05) is 16.0 Å². The topological polar surface area (TPSA) is 379 Å². The Morgan fingerprint density at radius 1 is 0.537 bits per heavy atom. The normalized spacial score (nSPS) is 14.5. The van der Waals surface area contributed by atoms with Crippen molar-refractivity contribution >= 4 is 76.3 Å². The number of nitrogens with zero attached hydrogens (tertiary/aromatic N) is 10. The molecule has 0 radical (unpaired) electrons. The highest BCUT2D eigenvalue weighted by molar-refractivity contribution is 7.89. The molecule has 0 spiro atoms. The standard InChI is InChI=1S/C19H22ClN7O2S.2C16H16N6O2S.8H2/c1-19(2,3)27-30(28,29)16-7-6-12(9-21-16)17-22-10-13(20)18(24-17)23-15-8-14(25-26-15)11-4-5-11;2*17-25(23,24)15-4-3-11(8-20-15)16-18-6-5-14(22-16)21-12-7-13(19-9-12)10-1-2-10;;;;;;;;/h6-11,27H,4-5H2,1-3H3,(H2,22,23,24,25,26);2*3-10,19H,1-2H2,(H2,17,23,24)(H,18,21,22);8*1H. The molecule has 0 saturated heterocycles. The van der Waals surface area contributed by atoms with E-state index in [-0.39, 0.29) is 26.5 Å². The first-order chi connectivity index (χ1) is 38.1. The van der Waals surface area contributed by atoms with E-state index in [0.717, 1.165) is 17.1 Å². The smallest absolute Gasteiger partial charge is 0.258 e. The molecule has 3 saturated carbocycles.